The number of hydrogen-bond donors (Lipinski definition) is 1. The van der Waals surface area contributed by atoms with E-state index in [0.717, 1.165) is 17.8 Å². The second-order valence-electron chi connectivity index (χ2n) is 5.99. The Morgan fingerprint density at radius 1 is 1.26 bits per heavy atom. The van der Waals surface area contributed by atoms with E-state index in [1.54, 1.807) is 10.7 Å². The molecule has 0 aliphatic carbocycles. The minimum absolute atomic E-state index is 0.131. The molecule has 0 saturated heterocycles. The van der Waals surface area contributed by atoms with Gasteiger partial charge in [-0.15, -0.1) is 0 Å². The van der Waals surface area contributed by atoms with Gasteiger partial charge in [-0.3, -0.25) is 9.48 Å². The number of anilines is 1. The molecule has 23 heavy (non-hydrogen) atoms. The van der Waals surface area contributed by atoms with Gasteiger partial charge in [-0.05, 0) is 32.0 Å². The molecule has 1 aromatic heterocycles. The zero-order valence-corrected chi connectivity index (χ0v) is 13.8. The average molecular weight is 315 g/mol. The fourth-order valence-electron chi connectivity index (χ4n) is 2.55. The van der Waals surface area contributed by atoms with Crippen LogP contribution in [0.3, 0.4) is 0 Å². The molecule has 1 aliphatic heterocycles. The van der Waals surface area contributed by atoms with Crippen LogP contribution in [0.1, 0.15) is 31.7 Å². The summed E-state index contributed by atoms with van der Waals surface area (Å²) in [4.78, 5) is 12.2. The van der Waals surface area contributed by atoms with Gasteiger partial charge < -0.3 is 14.8 Å². The zero-order valence-electron chi connectivity index (χ0n) is 13.8. The van der Waals surface area contributed by atoms with Crippen molar-refractivity contribution in [1.82, 2.24) is 9.78 Å². The molecule has 6 nitrogen and oxygen atoms in total. The second kappa shape index (κ2) is 5.61. The fourth-order valence-corrected chi connectivity index (χ4v) is 2.55. The molecule has 0 saturated carbocycles. The highest BCUT2D eigenvalue weighted by Crippen LogP contribution is 2.41. The molecule has 0 fully saturated rings. The molecule has 2 aromatic rings. The van der Waals surface area contributed by atoms with E-state index < -0.39 is 5.79 Å². The second-order valence-corrected chi connectivity index (χ2v) is 5.99. The molecular weight excluding hydrogens is 294 g/mol. The van der Waals surface area contributed by atoms with Gasteiger partial charge in [-0.2, -0.15) is 5.10 Å². The lowest BCUT2D eigenvalue weighted by molar-refractivity contribution is -0.116. The Hall–Kier alpha value is -2.50. The Labute approximate surface area is 135 Å². The van der Waals surface area contributed by atoms with Gasteiger partial charge in [0.05, 0.1) is 5.69 Å². The van der Waals surface area contributed by atoms with Crippen LogP contribution in [0, 0.1) is 13.8 Å². The van der Waals surface area contributed by atoms with Crippen LogP contribution in [0.4, 0.5) is 5.69 Å². The molecule has 1 aliphatic rings. The first-order valence-corrected chi connectivity index (χ1v) is 7.71. The number of benzene rings is 1. The predicted molar refractivity (Wildman–Crippen MR) is 86.7 cm³/mol. The lowest BCUT2D eigenvalue weighted by Crippen LogP contribution is -2.33. The van der Waals surface area contributed by atoms with Gasteiger partial charge in [0.1, 0.15) is 6.54 Å². The lowest BCUT2D eigenvalue weighted by atomic mass is 10.2. The van der Waals surface area contributed by atoms with Crippen LogP contribution in [0.5, 0.6) is 11.5 Å². The largest absolute Gasteiger partial charge is 0.449 e. The molecule has 0 bridgehead atoms. The van der Waals surface area contributed by atoms with Crippen LogP contribution in [-0.2, 0) is 11.3 Å². The van der Waals surface area contributed by atoms with Crippen LogP contribution in [0.2, 0.25) is 0 Å². The summed E-state index contributed by atoms with van der Waals surface area (Å²) in [5, 5.41) is 7.16. The van der Waals surface area contributed by atoms with Gasteiger partial charge in [-0.25, -0.2) is 0 Å². The molecule has 1 unspecified atom stereocenters. The molecule has 122 valence electrons. The SMILES string of the molecule is CCC1(C)Oc2ccc(NC(=O)Cn3nc(C)cc3C)cc2O1. The van der Waals surface area contributed by atoms with Crippen molar-refractivity contribution < 1.29 is 14.3 Å². The number of nitrogens with zero attached hydrogens (tertiary/aromatic N) is 2. The minimum atomic E-state index is -0.630. The van der Waals surface area contributed by atoms with E-state index in [2.05, 4.69) is 10.4 Å². The number of nitrogens with one attached hydrogen (secondary N) is 1. The summed E-state index contributed by atoms with van der Waals surface area (Å²) in [6.07, 6.45) is 0.737. The van der Waals surface area contributed by atoms with Crippen LogP contribution >= 0.6 is 0 Å². The summed E-state index contributed by atoms with van der Waals surface area (Å²) in [5.41, 5.74) is 2.54. The summed E-state index contributed by atoms with van der Waals surface area (Å²) in [5.74, 6) is 0.590. The van der Waals surface area contributed by atoms with E-state index in [4.69, 9.17) is 9.47 Å². The van der Waals surface area contributed by atoms with Gasteiger partial charge >= 0.3 is 0 Å². The lowest BCUT2D eigenvalue weighted by Gasteiger charge is -2.20. The van der Waals surface area contributed by atoms with Crippen molar-refractivity contribution in [3.8, 4) is 11.5 Å². The van der Waals surface area contributed by atoms with Crippen molar-refractivity contribution in [1.29, 1.82) is 0 Å². The Morgan fingerprint density at radius 2 is 2.00 bits per heavy atom. The fraction of sp³-hybridized carbons (Fsp3) is 0.412. The third-order valence-corrected chi connectivity index (χ3v) is 3.92. The number of hydrogen-bond acceptors (Lipinski definition) is 4. The first kappa shape index (κ1) is 15.4. The Morgan fingerprint density at radius 3 is 2.65 bits per heavy atom. The molecule has 0 spiro atoms. The van der Waals surface area contributed by atoms with Gasteiger partial charge in [0, 0.05) is 30.8 Å². The van der Waals surface area contributed by atoms with Crippen LogP contribution < -0.4 is 14.8 Å². The maximum Gasteiger partial charge on any atom is 0.248 e. The average Bonchev–Trinajstić information content (AvgIpc) is 2.98. The maximum absolute atomic E-state index is 12.2. The number of carbonyl (C=O) groups excluding carboxylic acids is 1. The van der Waals surface area contributed by atoms with Crippen LogP contribution in [0.25, 0.3) is 0 Å². The van der Waals surface area contributed by atoms with Crippen LogP contribution in [0.15, 0.2) is 24.3 Å². The van der Waals surface area contributed by atoms with E-state index in [0.29, 0.717) is 17.2 Å². The normalized spacial score (nSPS) is 19.0. The third kappa shape index (κ3) is 3.16. The van der Waals surface area contributed by atoms with Gasteiger partial charge in [0.25, 0.3) is 0 Å². The number of aryl methyl sites for hydroxylation is 2. The summed E-state index contributed by atoms with van der Waals surface area (Å²) < 4.78 is 13.3. The van der Waals surface area contributed by atoms with Crippen LogP contribution in [-0.4, -0.2) is 21.5 Å². The smallest absolute Gasteiger partial charge is 0.248 e. The summed E-state index contributed by atoms with van der Waals surface area (Å²) in [6, 6.07) is 7.35. The Bertz CT molecular complexity index is 754. The maximum atomic E-state index is 12.2. The van der Waals surface area contributed by atoms with E-state index in [1.165, 1.54) is 0 Å². The number of aromatic nitrogens is 2. The van der Waals surface area contributed by atoms with E-state index in [9.17, 15) is 4.79 Å². The minimum Gasteiger partial charge on any atom is -0.449 e. The topological polar surface area (TPSA) is 65.4 Å². The van der Waals surface area contributed by atoms with E-state index in [-0.39, 0.29) is 12.5 Å². The summed E-state index contributed by atoms with van der Waals surface area (Å²) in [7, 11) is 0. The van der Waals surface area contributed by atoms with E-state index in [1.807, 2.05) is 45.9 Å². The number of fused-ring (bicyclic) bond motifs is 1. The van der Waals surface area contributed by atoms with Crippen molar-refractivity contribution in [2.75, 3.05) is 5.32 Å². The third-order valence-electron chi connectivity index (χ3n) is 3.92. The quantitative estimate of drug-likeness (QED) is 0.942. The highest BCUT2D eigenvalue weighted by Gasteiger charge is 2.34. The van der Waals surface area contributed by atoms with E-state index >= 15 is 0 Å². The Balaban J connectivity index is 1.69. The molecule has 3 rings (SSSR count). The first-order valence-electron chi connectivity index (χ1n) is 7.71. The number of ether oxygens (including phenoxy) is 2. The molecule has 1 N–H and O–H groups in total. The number of rotatable bonds is 4. The monoisotopic (exact) mass is 315 g/mol. The first-order chi connectivity index (χ1) is 10.9. The number of amides is 1. The molecule has 1 aromatic carbocycles. The summed E-state index contributed by atoms with van der Waals surface area (Å²) in [6.45, 7) is 7.92. The van der Waals surface area contributed by atoms with Crippen molar-refractivity contribution >= 4 is 11.6 Å². The number of carbonyl (C=O) groups is 1. The molecular formula is C17H21N3O3. The Kier molecular flexibility index (Phi) is 3.75. The van der Waals surface area contributed by atoms with Crippen molar-refractivity contribution in [3.63, 3.8) is 0 Å². The molecule has 1 amide bonds. The molecule has 2 heterocycles. The molecule has 6 heteroatoms. The van der Waals surface area contributed by atoms with Crippen molar-refractivity contribution in [2.45, 2.75) is 46.4 Å². The van der Waals surface area contributed by atoms with Gasteiger partial charge in [-0.1, -0.05) is 6.92 Å². The van der Waals surface area contributed by atoms with Gasteiger partial charge in [0.2, 0.25) is 11.7 Å². The van der Waals surface area contributed by atoms with Crippen molar-refractivity contribution in [2.24, 2.45) is 0 Å². The van der Waals surface area contributed by atoms with Crippen molar-refractivity contribution in [3.05, 3.63) is 35.7 Å². The molecule has 1 atom stereocenters. The predicted octanol–water partition coefficient (Wildman–Crippen LogP) is 3.04. The zero-order chi connectivity index (χ0) is 16.6. The summed E-state index contributed by atoms with van der Waals surface area (Å²) >= 11 is 0. The van der Waals surface area contributed by atoms with Gasteiger partial charge in [0.15, 0.2) is 11.5 Å². The molecule has 0 radical (unpaired) electrons. The standard InChI is InChI=1S/C17H21N3O3/c1-5-17(4)22-14-7-6-13(9-15(14)23-17)18-16(21)10-20-12(3)8-11(2)19-20/h6-9H,5,10H2,1-4H3,(H,18,21). The highest BCUT2D eigenvalue weighted by atomic mass is 16.7. The highest BCUT2D eigenvalue weighted by molar-refractivity contribution is 5.91.